The van der Waals surface area contributed by atoms with Gasteiger partial charge >= 0.3 is 5.97 Å². The summed E-state index contributed by atoms with van der Waals surface area (Å²) in [6, 6.07) is 1.06. The molecule has 4 nitrogen and oxygen atoms in total. The van der Waals surface area contributed by atoms with Crippen molar-refractivity contribution in [1.82, 2.24) is 4.98 Å². The largest absolute Gasteiger partial charge is 0.464 e. The fourth-order valence-electron chi connectivity index (χ4n) is 1.13. The van der Waals surface area contributed by atoms with Gasteiger partial charge in [0, 0.05) is 6.54 Å². The summed E-state index contributed by atoms with van der Waals surface area (Å²) in [7, 11) is 1.15. The lowest BCUT2D eigenvalue weighted by atomic mass is 10.1. The molecule has 0 radical (unpaired) electrons. The third kappa shape index (κ3) is 2.45. The second kappa shape index (κ2) is 5.18. The number of carbonyl (C=O) groups excluding carboxylic acids is 1. The van der Waals surface area contributed by atoms with E-state index in [0.717, 1.165) is 13.2 Å². The van der Waals surface area contributed by atoms with E-state index in [4.69, 9.17) is 17.3 Å². The number of esters is 1. The second-order valence-corrected chi connectivity index (χ2v) is 3.23. The fraction of sp³-hybridized carbons (Fsp3) is 0.333. The van der Waals surface area contributed by atoms with Crippen LogP contribution in [0, 0.1) is 0 Å². The number of hydrogen-bond acceptors (Lipinski definition) is 4. The summed E-state index contributed by atoms with van der Waals surface area (Å²) >= 11 is 5.51. The molecular formula is C9H9ClF2N2O2. The van der Waals surface area contributed by atoms with Crippen LogP contribution in [-0.2, 0) is 11.3 Å². The smallest absolute Gasteiger partial charge is 0.357 e. The van der Waals surface area contributed by atoms with Crippen LogP contribution in [0.4, 0.5) is 8.78 Å². The van der Waals surface area contributed by atoms with Gasteiger partial charge in [-0.3, -0.25) is 0 Å². The predicted molar refractivity (Wildman–Crippen MR) is 53.4 cm³/mol. The van der Waals surface area contributed by atoms with Crippen LogP contribution in [0.5, 0.6) is 0 Å². The summed E-state index contributed by atoms with van der Waals surface area (Å²) in [4.78, 5) is 14.8. The number of ether oxygens (including phenoxy) is 1. The van der Waals surface area contributed by atoms with Crippen LogP contribution in [0.3, 0.4) is 0 Å². The number of methoxy groups -OCH3 is 1. The fourth-order valence-corrected chi connectivity index (χ4v) is 1.35. The highest BCUT2D eigenvalue weighted by molar-refractivity contribution is 6.30. The Morgan fingerprint density at radius 2 is 2.31 bits per heavy atom. The molecule has 16 heavy (non-hydrogen) atoms. The molecule has 0 aliphatic rings. The number of halogens is 3. The predicted octanol–water partition coefficient (Wildman–Crippen LogP) is 1.92. The van der Waals surface area contributed by atoms with Crippen LogP contribution in [0.2, 0.25) is 5.15 Å². The van der Waals surface area contributed by atoms with E-state index in [1.54, 1.807) is 0 Å². The van der Waals surface area contributed by atoms with Gasteiger partial charge in [-0.1, -0.05) is 11.6 Å². The van der Waals surface area contributed by atoms with Gasteiger partial charge in [-0.15, -0.1) is 0 Å². The van der Waals surface area contributed by atoms with Gasteiger partial charge in [0.1, 0.15) is 5.15 Å². The molecule has 0 bridgehead atoms. The maximum Gasteiger partial charge on any atom is 0.357 e. The molecule has 0 saturated carbocycles. The van der Waals surface area contributed by atoms with E-state index in [2.05, 4.69) is 9.72 Å². The van der Waals surface area contributed by atoms with Crippen LogP contribution in [0.1, 0.15) is 28.0 Å². The molecule has 7 heteroatoms. The van der Waals surface area contributed by atoms with Crippen molar-refractivity contribution in [3.05, 3.63) is 28.0 Å². The average molecular weight is 251 g/mol. The topological polar surface area (TPSA) is 65.2 Å². The molecule has 0 unspecified atom stereocenters. The van der Waals surface area contributed by atoms with Crippen molar-refractivity contribution in [1.29, 1.82) is 0 Å². The molecule has 2 N–H and O–H groups in total. The molecule has 0 aliphatic heterocycles. The first kappa shape index (κ1) is 12.8. The third-order valence-corrected chi connectivity index (χ3v) is 2.22. The Morgan fingerprint density at radius 1 is 1.69 bits per heavy atom. The summed E-state index contributed by atoms with van der Waals surface area (Å²) in [5.41, 5.74) is 4.91. The summed E-state index contributed by atoms with van der Waals surface area (Å²) in [6.45, 7) is -0.103. The lowest BCUT2D eigenvalue weighted by Crippen LogP contribution is -2.13. The molecule has 0 atom stereocenters. The first-order valence-corrected chi connectivity index (χ1v) is 4.64. The molecule has 88 valence electrons. The molecule has 1 aromatic rings. The van der Waals surface area contributed by atoms with Gasteiger partial charge in [0.05, 0.1) is 12.7 Å². The van der Waals surface area contributed by atoms with Crippen LogP contribution in [-0.4, -0.2) is 18.1 Å². The Hall–Kier alpha value is -1.27. The number of alkyl halides is 2. The van der Waals surface area contributed by atoms with Crippen molar-refractivity contribution in [2.75, 3.05) is 7.11 Å². The van der Waals surface area contributed by atoms with Crippen molar-refractivity contribution in [2.24, 2.45) is 5.73 Å². The van der Waals surface area contributed by atoms with Crippen molar-refractivity contribution >= 4 is 17.6 Å². The zero-order chi connectivity index (χ0) is 12.3. The maximum absolute atomic E-state index is 12.5. The number of pyridine rings is 1. The molecule has 0 aliphatic carbocycles. The standard InChI is InChI=1S/C9H9ClF2N2O2/c1-16-9(15)6-4(3-13)2-5(8(11)12)7(10)14-6/h2,8H,3,13H2,1H3. The number of hydrogen-bond donors (Lipinski definition) is 1. The first-order valence-electron chi connectivity index (χ1n) is 4.27. The van der Waals surface area contributed by atoms with Crippen LogP contribution in [0.15, 0.2) is 6.07 Å². The van der Waals surface area contributed by atoms with Gasteiger partial charge in [0.15, 0.2) is 5.69 Å². The maximum atomic E-state index is 12.5. The minimum Gasteiger partial charge on any atom is -0.464 e. The van der Waals surface area contributed by atoms with Gasteiger partial charge in [-0.25, -0.2) is 18.6 Å². The van der Waals surface area contributed by atoms with Crippen LogP contribution >= 0.6 is 11.6 Å². The summed E-state index contributed by atoms with van der Waals surface area (Å²) in [5.74, 6) is -0.761. The molecule has 1 rings (SSSR count). The highest BCUT2D eigenvalue weighted by atomic mass is 35.5. The van der Waals surface area contributed by atoms with Crippen LogP contribution < -0.4 is 5.73 Å². The summed E-state index contributed by atoms with van der Waals surface area (Å²) in [5, 5.41) is -0.424. The molecule has 0 saturated heterocycles. The van der Waals surface area contributed by atoms with Gasteiger partial charge in [-0.05, 0) is 11.6 Å². The monoisotopic (exact) mass is 250 g/mol. The Labute approximate surface area is 95.4 Å². The van der Waals surface area contributed by atoms with Gasteiger partial charge in [-0.2, -0.15) is 0 Å². The SMILES string of the molecule is COC(=O)c1nc(Cl)c(C(F)F)cc1CN. The number of carbonyl (C=O) groups is 1. The van der Waals surface area contributed by atoms with Crippen molar-refractivity contribution < 1.29 is 18.3 Å². The Balaban J connectivity index is 3.32. The highest BCUT2D eigenvalue weighted by Gasteiger charge is 2.20. The number of aromatic nitrogens is 1. The highest BCUT2D eigenvalue weighted by Crippen LogP contribution is 2.27. The minimum absolute atomic E-state index is 0.103. The summed E-state index contributed by atoms with van der Waals surface area (Å²) < 4.78 is 29.4. The van der Waals surface area contributed by atoms with Gasteiger partial charge in [0.25, 0.3) is 6.43 Å². The van der Waals surface area contributed by atoms with E-state index in [1.807, 2.05) is 0 Å². The molecule has 1 heterocycles. The van der Waals surface area contributed by atoms with E-state index in [9.17, 15) is 13.6 Å². The summed E-state index contributed by atoms with van der Waals surface area (Å²) in [6.07, 6.45) is -2.77. The molecule has 0 aromatic carbocycles. The number of nitrogens with zero attached hydrogens (tertiary/aromatic N) is 1. The Morgan fingerprint density at radius 3 is 2.75 bits per heavy atom. The van der Waals surface area contributed by atoms with E-state index in [0.29, 0.717) is 0 Å². The van der Waals surface area contributed by atoms with E-state index < -0.39 is 23.1 Å². The second-order valence-electron chi connectivity index (χ2n) is 2.87. The van der Waals surface area contributed by atoms with E-state index >= 15 is 0 Å². The molecule has 1 aromatic heterocycles. The normalized spacial score (nSPS) is 10.6. The minimum atomic E-state index is -2.77. The lowest BCUT2D eigenvalue weighted by molar-refractivity contribution is 0.0592. The van der Waals surface area contributed by atoms with E-state index in [-0.39, 0.29) is 17.8 Å². The number of nitrogens with two attached hydrogens (primary N) is 1. The van der Waals surface area contributed by atoms with Crippen molar-refractivity contribution in [3.63, 3.8) is 0 Å². The van der Waals surface area contributed by atoms with E-state index in [1.165, 1.54) is 0 Å². The molecule has 0 amide bonds. The quantitative estimate of drug-likeness (QED) is 0.657. The zero-order valence-electron chi connectivity index (χ0n) is 8.34. The van der Waals surface area contributed by atoms with Crippen molar-refractivity contribution in [2.45, 2.75) is 13.0 Å². The van der Waals surface area contributed by atoms with Crippen LogP contribution in [0.25, 0.3) is 0 Å². The van der Waals surface area contributed by atoms with Gasteiger partial charge < -0.3 is 10.5 Å². The van der Waals surface area contributed by atoms with Crippen molar-refractivity contribution in [3.8, 4) is 0 Å². The number of rotatable bonds is 3. The van der Waals surface area contributed by atoms with Gasteiger partial charge in [0.2, 0.25) is 0 Å². The molecule has 0 spiro atoms. The average Bonchev–Trinajstić information content (AvgIpc) is 2.27. The first-order chi connectivity index (χ1) is 7.51. The zero-order valence-corrected chi connectivity index (χ0v) is 9.09. The lowest BCUT2D eigenvalue weighted by Gasteiger charge is -2.09. The Kier molecular flexibility index (Phi) is 4.14. The Bertz CT molecular complexity index is 413. The third-order valence-electron chi connectivity index (χ3n) is 1.92. The molecular weight excluding hydrogens is 242 g/mol. The molecule has 0 fully saturated rings.